The average Bonchev–Trinajstić information content (AvgIpc) is 2.89. The van der Waals surface area contributed by atoms with Gasteiger partial charge in [-0.2, -0.15) is 4.31 Å². The van der Waals surface area contributed by atoms with Gasteiger partial charge in [0.05, 0.1) is 30.8 Å². The van der Waals surface area contributed by atoms with Crippen LogP contribution in [0.15, 0.2) is 83.8 Å². The van der Waals surface area contributed by atoms with Gasteiger partial charge in [0, 0.05) is 26.2 Å². The Bertz CT molecular complexity index is 1170. The Morgan fingerprint density at radius 2 is 1.47 bits per heavy atom. The maximum atomic E-state index is 13.8. The van der Waals surface area contributed by atoms with Crippen LogP contribution in [0, 0.1) is 0 Å². The number of benzene rings is 3. The van der Waals surface area contributed by atoms with Gasteiger partial charge in [0.15, 0.2) is 0 Å². The highest BCUT2D eigenvalue weighted by Gasteiger charge is 2.29. The highest BCUT2D eigenvalue weighted by atomic mass is 32.2. The Kier molecular flexibility index (Phi) is 7.62. The normalized spacial score (nSPS) is 14.2. The molecule has 1 heterocycles. The van der Waals surface area contributed by atoms with Crippen LogP contribution in [0.5, 0.6) is 5.75 Å². The van der Waals surface area contributed by atoms with Crippen LogP contribution in [-0.4, -0.2) is 56.9 Å². The van der Waals surface area contributed by atoms with E-state index in [-0.39, 0.29) is 29.5 Å². The van der Waals surface area contributed by atoms with E-state index in [1.165, 1.54) is 23.5 Å². The molecule has 1 amide bonds. The lowest BCUT2D eigenvalue weighted by molar-refractivity contribution is 0.0300. The van der Waals surface area contributed by atoms with Gasteiger partial charge in [0.1, 0.15) is 5.75 Å². The number of rotatable bonds is 8. The number of sulfonamides is 1. The molecule has 8 heteroatoms. The fourth-order valence-electron chi connectivity index (χ4n) is 3.90. The molecule has 7 nitrogen and oxygen atoms in total. The van der Waals surface area contributed by atoms with Crippen molar-refractivity contribution in [1.29, 1.82) is 0 Å². The van der Waals surface area contributed by atoms with Crippen molar-refractivity contribution in [2.45, 2.75) is 18.0 Å². The molecular weight excluding hydrogens is 452 g/mol. The summed E-state index contributed by atoms with van der Waals surface area (Å²) in [6, 6.07) is 23.4. The third-order valence-electron chi connectivity index (χ3n) is 5.74. The largest absolute Gasteiger partial charge is 0.496 e. The van der Waals surface area contributed by atoms with Gasteiger partial charge in [0.25, 0.3) is 5.91 Å². The zero-order valence-corrected chi connectivity index (χ0v) is 19.9. The topological polar surface area (TPSA) is 76.2 Å². The zero-order chi connectivity index (χ0) is 24.0. The van der Waals surface area contributed by atoms with E-state index in [2.05, 4.69) is 0 Å². The summed E-state index contributed by atoms with van der Waals surface area (Å²) in [5.41, 5.74) is 1.98. The molecule has 34 heavy (non-hydrogen) atoms. The maximum Gasteiger partial charge on any atom is 0.257 e. The van der Waals surface area contributed by atoms with Crippen LogP contribution >= 0.6 is 0 Å². The second-order valence-electron chi connectivity index (χ2n) is 8.01. The van der Waals surface area contributed by atoms with E-state index in [9.17, 15) is 13.2 Å². The van der Waals surface area contributed by atoms with Crippen LogP contribution in [0.3, 0.4) is 0 Å². The van der Waals surface area contributed by atoms with Gasteiger partial charge in [-0.15, -0.1) is 0 Å². The highest BCUT2D eigenvalue weighted by molar-refractivity contribution is 7.89. The van der Waals surface area contributed by atoms with E-state index < -0.39 is 10.0 Å². The minimum absolute atomic E-state index is 0.0526. The lowest BCUT2D eigenvalue weighted by Gasteiger charge is -2.28. The molecule has 0 aliphatic carbocycles. The van der Waals surface area contributed by atoms with Crippen molar-refractivity contribution < 1.29 is 22.7 Å². The molecular formula is C26H28N2O5S. The molecule has 3 aromatic carbocycles. The van der Waals surface area contributed by atoms with Gasteiger partial charge in [0.2, 0.25) is 10.0 Å². The summed E-state index contributed by atoms with van der Waals surface area (Å²) in [6.45, 7) is 2.22. The maximum absolute atomic E-state index is 13.8. The van der Waals surface area contributed by atoms with Crippen molar-refractivity contribution in [3.05, 3.63) is 95.6 Å². The molecule has 3 aromatic rings. The van der Waals surface area contributed by atoms with Crippen molar-refractivity contribution in [2.75, 3.05) is 33.4 Å². The predicted octanol–water partition coefficient (Wildman–Crippen LogP) is 3.56. The minimum atomic E-state index is -3.93. The van der Waals surface area contributed by atoms with Crippen LogP contribution in [0.2, 0.25) is 0 Å². The van der Waals surface area contributed by atoms with Crippen LogP contribution in [0.25, 0.3) is 0 Å². The molecule has 0 atom stereocenters. The molecule has 1 aliphatic heterocycles. The number of nitrogens with zero attached hydrogens (tertiary/aromatic N) is 2. The summed E-state index contributed by atoms with van der Waals surface area (Å²) in [5.74, 6) is 0.0722. The lowest BCUT2D eigenvalue weighted by atomic mass is 10.1. The number of carbonyl (C=O) groups excluding carboxylic acids is 1. The molecule has 0 aromatic heterocycles. The van der Waals surface area contributed by atoms with E-state index in [4.69, 9.17) is 9.47 Å². The first-order valence-electron chi connectivity index (χ1n) is 11.1. The monoisotopic (exact) mass is 480 g/mol. The highest BCUT2D eigenvalue weighted by Crippen LogP contribution is 2.28. The number of ether oxygens (including phenoxy) is 2. The summed E-state index contributed by atoms with van der Waals surface area (Å²) in [6.07, 6.45) is 0. The van der Waals surface area contributed by atoms with Gasteiger partial charge >= 0.3 is 0 Å². The second kappa shape index (κ2) is 10.8. The average molecular weight is 481 g/mol. The summed E-state index contributed by atoms with van der Waals surface area (Å²) < 4.78 is 39.8. The van der Waals surface area contributed by atoms with E-state index in [1.54, 1.807) is 11.0 Å². The number of morpholine rings is 1. The Labute approximate surface area is 200 Å². The summed E-state index contributed by atoms with van der Waals surface area (Å²) >= 11 is 0. The molecule has 1 saturated heterocycles. The van der Waals surface area contributed by atoms with Crippen LogP contribution in [-0.2, 0) is 27.8 Å². The molecule has 0 radical (unpaired) electrons. The number of hydrogen-bond donors (Lipinski definition) is 0. The summed E-state index contributed by atoms with van der Waals surface area (Å²) in [4.78, 5) is 14.9. The Hall–Kier alpha value is -3.20. The molecule has 0 unspecified atom stereocenters. The molecule has 1 aliphatic rings. The zero-order valence-electron chi connectivity index (χ0n) is 19.1. The fourth-order valence-corrected chi connectivity index (χ4v) is 5.34. The van der Waals surface area contributed by atoms with E-state index in [0.29, 0.717) is 32.1 Å². The lowest BCUT2D eigenvalue weighted by Crippen LogP contribution is -2.41. The third-order valence-corrected chi connectivity index (χ3v) is 7.53. The summed E-state index contributed by atoms with van der Waals surface area (Å²) in [5, 5.41) is 0. The molecule has 4 rings (SSSR count). The number of carbonyl (C=O) groups is 1. The van der Waals surface area contributed by atoms with Gasteiger partial charge in [-0.3, -0.25) is 4.79 Å². The summed E-state index contributed by atoms with van der Waals surface area (Å²) in [7, 11) is -2.46. The molecule has 0 spiro atoms. The smallest absolute Gasteiger partial charge is 0.257 e. The number of methoxy groups -OCH3 is 1. The number of hydrogen-bond acceptors (Lipinski definition) is 5. The van der Waals surface area contributed by atoms with E-state index in [0.717, 1.165) is 11.1 Å². The Balaban J connectivity index is 1.70. The fraction of sp³-hybridized carbons (Fsp3) is 0.269. The van der Waals surface area contributed by atoms with E-state index in [1.807, 2.05) is 60.7 Å². The van der Waals surface area contributed by atoms with Gasteiger partial charge in [-0.1, -0.05) is 60.7 Å². The quantitative estimate of drug-likeness (QED) is 0.493. The van der Waals surface area contributed by atoms with Gasteiger partial charge < -0.3 is 14.4 Å². The minimum Gasteiger partial charge on any atom is -0.496 e. The molecule has 1 fully saturated rings. The van der Waals surface area contributed by atoms with Crippen molar-refractivity contribution in [3.63, 3.8) is 0 Å². The Morgan fingerprint density at radius 1 is 0.912 bits per heavy atom. The first kappa shape index (κ1) is 23.9. The molecule has 0 N–H and O–H groups in total. The second-order valence-corrected chi connectivity index (χ2v) is 9.95. The van der Waals surface area contributed by atoms with Gasteiger partial charge in [-0.25, -0.2) is 8.42 Å². The van der Waals surface area contributed by atoms with Crippen molar-refractivity contribution >= 4 is 15.9 Å². The van der Waals surface area contributed by atoms with Crippen molar-refractivity contribution in [1.82, 2.24) is 9.21 Å². The first-order valence-corrected chi connectivity index (χ1v) is 12.6. The molecule has 0 bridgehead atoms. The standard InChI is InChI=1S/C26H28N2O5S/c1-32-25-13-12-23(18-24(25)26(29)27-14-16-33-17-15-27)34(30,31)28(19-21-8-4-2-5-9-21)20-22-10-6-3-7-11-22/h2-13,18H,14-17,19-20H2,1H3. The third kappa shape index (κ3) is 5.47. The van der Waals surface area contributed by atoms with Gasteiger partial charge in [-0.05, 0) is 29.3 Å². The SMILES string of the molecule is COc1ccc(S(=O)(=O)N(Cc2ccccc2)Cc2ccccc2)cc1C(=O)N1CCOCC1. The molecule has 0 saturated carbocycles. The first-order chi connectivity index (χ1) is 16.5. The van der Waals surface area contributed by atoms with Crippen molar-refractivity contribution in [3.8, 4) is 5.75 Å². The molecule has 178 valence electrons. The predicted molar refractivity (Wildman–Crippen MR) is 129 cm³/mol. The van der Waals surface area contributed by atoms with Crippen molar-refractivity contribution in [2.24, 2.45) is 0 Å². The number of amides is 1. The Morgan fingerprint density at radius 3 is 2.00 bits per heavy atom. The van der Waals surface area contributed by atoms with Crippen LogP contribution < -0.4 is 4.74 Å². The van der Waals surface area contributed by atoms with E-state index >= 15 is 0 Å². The van der Waals surface area contributed by atoms with Crippen LogP contribution in [0.4, 0.5) is 0 Å². The van der Waals surface area contributed by atoms with Crippen LogP contribution in [0.1, 0.15) is 21.5 Å².